The van der Waals surface area contributed by atoms with E-state index in [1.54, 1.807) is 18.2 Å². The van der Waals surface area contributed by atoms with Crippen molar-refractivity contribution in [3.05, 3.63) is 70.8 Å². The van der Waals surface area contributed by atoms with E-state index in [-0.39, 0.29) is 5.56 Å². The number of rotatable bonds is 2. The SMILES string of the molecule is COc1cc2c3c(ccc2cc1C#N)O[C@@H](c1cc(F)ccc1F)[C@H](N)C3. The molecular weight excluding hydrogens is 350 g/mol. The molecule has 0 fully saturated rings. The fourth-order valence-electron chi connectivity index (χ4n) is 3.57. The molecular formula is C21H16F2N2O2. The van der Waals surface area contributed by atoms with Gasteiger partial charge in [0.1, 0.15) is 35.3 Å². The van der Waals surface area contributed by atoms with E-state index in [0.29, 0.717) is 23.5 Å². The number of hydrogen-bond donors (Lipinski definition) is 1. The molecule has 0 spiro atoms. The van der Waals surface area contributed by atoms with Crippen molar-refractivity contribution in [3.63, 3.8) is 0 Å². The van der Waals surface area contributed by atoms with Gasteiger partial charge >= 0.3 is 0 Å². The zero-order valence-corrected chi connectivity index (χ0v) is 14.5. The van der Waals surface area contributed by atoms with E-state index in [4.69, 9.17) is 15.2 Å². The summed E-state index contributed by atoms with van der Waals surface area (Å²) < 4.78 is 39.0. The Balaban J connectivity index is 1.83. The van der Waals surface area contributed by atoms with Crippen molar-refractivity contribution in [2.75, 3.05) is 7.11 Å². The van der Waals surface area contributed by atoms with Crippen molar-refractivity contribution in [1.82, 2.24) is 0 Å². The molecule has 1 aliphatic heterocycles. The summed E-state index contributed by atoms with van der Waals surface area (Å²) in [6.45, 7) is 0. The normalized spacial score (nSPS) is 18.5. The first kappa shape index (κ1) is 17.3. The number of fused-ring (bicyclic) bond motifs is 3. The molecule has 2 N–H and O–H groups in total. The molecule has 0 saturated carbocycles. The minimum Gasteiger partial charge on any atom is -0.495 e. The number of nitriles is 1. The molecule has 3 aromatic rings. The summed E-state index contributed by atoms with van der Waals surface area (Å²) >= 11 is 0. The minimum absolute atomic E-state index is 0.102. The van der Waals surface area contributed by atoms with Gasteiger partial charge < -0.3 is 15.2 Å². The number of hydrogen-bond acceptors (Lipinski definition) is 4. The summed E-state index contributed by atoms with van der Waals surface area (Å²) in [5.74, 6) is -0.0726. The number of ether oxygens (including phenoxy) is 2. The van der Waals surface area contributed by atoms with Gasteiger partial charge in [-0.05, 0) is 53.6 Å². The molecule has 1 heterocycles. The molecule has 0 bridgehead atoms. The first-order valence-electron chi connectivity index (χ1n) is 8.42. The van der Waals surface area contributed by atoms with E-state index in [2.05, 4.69) is 6.07 Å². The highest BCUT2D eigenvalue weighted by atomic mass is 19.1. The zero-order valence-electron chi connectivity index (χ0n) is 14.5. The Bertz CT molecular complexity index is 1090. The number of methoxy groups -OCH3 is 1. The number of nitrogens with two attached hydrogens (primary N) is 1. The van der Waals surface area contributed by atoms with Gasteiger partial charge in [0, 0.05) is 11.1 Å². The van der Waals surface area contributed by atoms with Crippen LogP contribution in [0.4, 0.5) is 8.78 Å². The van der Waals surface area contributed by atoms with Crippen LogP contribution in [-0.4, -0.2) is 13.2 Å². The van der Waals surface area contributed by atoms with Gasteiger partial charge in [0.15, 0.2) is 0 Å². The maximum absolute atomic E-state index is 14.2. The molecule has 0 radical (unpaired) electrons. The molecule has 6 heteroatoms. The second kappa shape index (κ2) is 6.53. The molecule has 27 heavy (non-hydrogen) atoms. The minimum atomic E-state index is -0.786. The summed E-state index contributed by atoms with van der Waals surface area (Å²) in [6, 6.07) is 11.9. The third-order valence-corrected chi connectivity index (χ3v) is 4.88. The first-order chi connectivity index (χ1) is 13.0. The highest BCUT2D eigenvalue weighted by Crippen LogP contribution is 2.40. The molecule has 0 amide bonds. The Morgan fingerprint density at radius 2 is 2.00 bits per heavy atom. The summed E-state index contributed by atoms with van der Waals surface area (Å²) in [7, 11) is 1.50. The van der Waals surface area contributed by atoms with Gasteiger partial charge in [-0.1, -0.05) is 6.07 Å². The number of benzene rings is 3. The van der Waals surface area contributed by atoms with Crippen molar-refractivity contribution >= 4 is 10.8 Å². The Morgan fingerprint density at radius 3 is 2.74 bits per heavy atom. The predicted octanol–water partition coefficient (Wildman–Crippen LogP) is 4.00. The van der Waals surface area contributed by atoms with Crippen LogP contribution in [0.1, 0.15) is 22.8 Å². The van der Waals surface area contributed by atoms with Crippen LogP contribution in [-0.2, 0) is 6.42 Å². The lowest BCUT2D eigenvalue weighted by Crippen LogP contribution is -2.38. The van der Waals surface area contributed by atoms with Gasteiger partial charge in [-0.25, -0.2) is 8.78 Å². The second-order valence-electron chi connectivity index (χ2n) is 6.50. The fraction of sp³-hybridized carbons (Fsp3) is 0.190. The van der Waals surface area contributed by atoms with E-state index in [1.165, 1.54) is 7.11 Å². The molecule has 0 saturated heterocycles. The zero-order chi connectivity index (χ0) is 19.1. The molecule has 4 nitrogen and oxygen atoms in total. The smallest absolute Gasteiger partial charge is 0.142 e. The topological polar surface area (TPSA) is 68.3 Å². The standard InChI is InChI=1S/C21H16F2N2O2/c1-26-20-9-14-11(6-12(20)10-24)2-5-19-15(14)8-18(25)21(27-19)16-7-13(22)3-4-17(16)23/h2-7,9,18,21H,8,25H2,1H3/t18-,21+/m1/s1. The maximum atomic E-state index is 14.2. The molecule has 2 atom stereocenters. The average molecular weight is 366 g/mol. The van der Waals surface area contributed by atoms with Crippen molar-refractivity contribution in [1.29, 1.82) is 5.26 Å². The predicted molar refractivity (Wildman–Crippen MR) is 96.6 cm³/mol. The summed E-state index contributed by atoms with van der Waals surface area (Å²) in [6.07, 6.45) is -0.367. The Kier molecular flexibility index (Phi) is 4.17. The van der Waals surface area contributed by atoms with Gasteiger partial charge in [-0.3, -0.25) is 0 Å². The molecule has 0 aromatic heterocycles. The van der Waals surface area contributed by atoms with Crippen LogP contribution in [0.3, 0.4) is 0 Å². The summed E-state index contributed by atoms with van der Waals surface area (Å²) in [5.41, 5.74) is 7.66. The maximum Gasteiger partial charge on any atom is 0.142 e. The van der Waals surface area contributed by atoms with Gasteiger partial charge in [-0.15, -0.1) is 0 Å². The van der Waals surface area contributed by atoms with E-state index in [0.717, 1.165) is 34.5 Å². The van der Waals surface area contributed by atoms with Gasteiger partial charge in [-0.2, -0.15) is 5.26 Å². The monoisotopic (exact) mass is 366 g/mol. The van der Waals surface area contributed by atoms with E-state index in [9.17, 15) is 14.0 Å². The van der Waals surface area contributed by atoms with Crippen molar-refractivity contribution < 1.29 is 18.3 Å². The lowest BCUT2D eigenvalue weighted by Gasteiger charge is -2.32. The van der Waals surface area contributed by atoms with Crippen molar-refractivity contribution in [2.24, 2.45) is 5.73 Å². The van der Waals surface area contributed by atoms with E-state index >= 15 is 0 Å². The lowest BCUT2D eigenvalue weighted by molar-refractivity contribution is 0.149. The Hall–Kier alpha value is -3.17. The molecule has 1 aliphatic rings. The van der Waals surface area contributed by atoms with Crippen LogP contribution in [0.15, 0.2) is 42.5 Å². The fourth-order valence-corrected chi connectivity index (χ4v) is 3.57. The highest BCUT2D eigenvalue weighted by molar-refractivity contribution is 5.91. The first-order valence-corrected chi connectivity index (χ1v) is 8.42. The van der Waals surface area contributed by atoms with Gasteiger partial charge in [0.25, 0.3) is 0 Å². The van der Waals surface area contributed by atoms with E-state index in [1.807, 2.05) is 6.07 Å². The molecule has 0 aliphatic carbocycles. The van der Waals surface area contributed by atoms with Gasteiger partial charge in [0.05, 0.1) is 18.7 Å². The average Bonchev–Trinajstić information content (AvgIpc) is 2.68. The lowest BCUT2D eigenvalue weighted by atomic mass is 9.89. The van der Waals surface area contributed by atoms with Crippen molar-refractivity contribution in [3.8, 4) is 17.6 Å². The second-order valence-corrected chi connectivity index (χ2v) is 6.50. The van der Waals surface area contributed by atoms with Crippen LogP contribution in [0, 0.1) is 23.0 Å². The highest BCUT2D eigenvalue weighted by Gasteiger charge is 2.32. The Morgan fingerprint density at radius 1 is 1.19 bits per heavy atom. The number of halogens is 2. The molecule has 0 unspecified atom stereocenters. The van der Waals surface area contributed by atoms with E-state index < -0.39 is 23.8 Å². The largest absolute Gasteiger partial charge is 0.495 e. The van der Waals surface area contributed by atoms with Crippen LogP contribution in [0.5, 0.6) is 11.5 Å². The van der Waals surface area contributed by atoms with Crippen LogP contribution < -0.4 is 15.2 Å². The van der Waals surface area contributed by atoms with Crippen LogP contribution in [0.2, 0.25) is 0 Å². The third kappa shape index (κ3) is 2.86. The number of nitrogens with zero attached hydrogens (tertiary/aromatic N) is 1. The van der Waals surface area contributed by atoms with Gasteiger partial charge in [0.2, 0.25) is 0 Å². The quantitative estimate of drug-likeness (QED) is 0.744. The Labute approximate surface area is 154 Å². The third-order valence-electron chi connectivity index (χ3n) is 4.88. The molecule has 4 rings (SSSR count). The summed E-state index contributed by atoms with van der Waals surface area (Å²) in [4.78, 5) is 0. The molecule has 136 valence electrons. The van der Waals surface area contributed by atoms with Crippen molar-refractivity contribution in [2.45, 2.75) is 18.6 Å². The van der Waals surface area contributed by atoms with Crippen LogP contribution >= 0.6 is 0 Å². The summed E-state index contributed by atoms with van der Waals surface area (Å²) in [5, 5.41) is 11.0. The van der Waals surface area contributed by atoms with Crippen LogP contribution in [0.25, 0.3) is 10.8 Å². The molecule has 3 aromatic carbocycles.